The minimum atomic E-state index is -0.876. The Morgan fingerprint density at radius 3 is 2.89 bits per heavy atom. The van der Waals surface area contributed by atoms with Gasteiger partial charge in [0.25, 0.3) is 0 Å². The highest BCUT2D eigenvalue weighted by Gasteiger charge is 2.55. The number of ether oxygens (including phenoxy) is 3. The largest absolute Gasteiger partial charge is 0.490 e. The van der Waals surface area contributed by atoms with Crippen molar-refractivity contribution in [3.8, 4) is 11.5 Å². The monoisotopic (exact) mass is 376 g/mol. The normalized spacial score (nSPS) is 27.0. The second-order valence-electron chi connectivity index (χ2n) is 7.45. The quantitative estimate of drug-likeness (QED) is 0.772. The first-order valence-corrected chi connectivity index (χ1v) is 9.25. The number of amides is 1. The molecule has 0 bridgehead atoms. The molecule has 0 aliphatic carbocycles. The fourth-order valence-corrected chi connectivity index (χ4v) is 4.15. The lowest BCUT2D eigenvalue weighted by Crippen LogP contribution is -2.46. The Morgan fingerprint density at radius 1 is 1.26 bits per heavy atom. The molecule has 1 aromatic rings. The molecular formula is C19H24N2O6. The number of benzene rings is 1. The first kappa shape index (κ1) is 18.1. The lowest BCUT2D eigenvalue weighted by Gasteiger charge is -2.26. The molecule has 27 heavy (non-hydrogen) atoms. The van der Waals surface area contributed by atoms with Crippen molar-refractivity contribution in [2.45, 2.75) is 13.0 Å². The van der Waals surface area contributed by atoms with E-state index in [0.717, 1.165) is 17.7 Å². The van der Waals surface area contributed by atoms with Crippen molar-refractivity contribution in [3.63, 3.8) is 0 Å². The summed E-state index contributed by atoms with van der Waals surface area (Å²) in [5.74, 6) is 0.503. The average Bonchev–Trinajstić information content (AvgIpc) is 3.07. The van der Waals surface area contributed by atoms with Gasteiger partial charge in [-0.3, -0.25) is 14.5 Å². The molecule has 2 saturated heterocycles. The number of aliphatic carboxylic acids is 1. The maximum atomic E-state index is 13.0. The van der Waals surface area contributed by atoms with Gasteiger partial charge in [-0.15, -0.1) is 0 Å². The maximum Gasteiger partial charge on any atom is 0.317 e. The zero-order chi connectivity index (χ0) is 18.9. The molecular weight excluding hydrogens is 352 g/mol. The second kappa shape index (κ2) is 7.36. The number of nitrogens with zero attached hydrogens (tertiary/aromatic N) is 1. The van der Waals surface area contributed by atoms with Gasteiger partial charge < -0.3 is 24.6 Å². The van der Waals surface area contributed by atoms with E-state index in [1.165, 1.54) is 0 Å². The molecule has 2 atom stereocenters. The molecule has 0 saturated carbocycles. The van der Waals surface area contributed by atoms with Gasteiger partial charge in [0, 0.05) is 32.0 Å². The van der Waals surface area contributed by atoms with E-state index >= 15 is 0 Å². The Kier molecular flexibility index (Phi) is 4.92. The Bertz CT molecular complexity index is 739. The summed E-state index contributed by atoms with van der Waals surface area (Å²) in [5.41, 5.74) is 0.264. The fraction of sp³-hybridized carbons (Fsp3) is 0.579. The molecule has 0 radical (unpaired) electrons. The van der Waals surface area contributed by atoms with E-state index in [1.54, 1.807) is 0 Å². The molecule has 0 unspecified atom stereocenters. The van der Waals surface area contributed by atoms with Gasteiger partial charge in [0.15, 0.2) is 11.5 Å². The predicted molar refractivity (Wildman–Crippen MR) is 94.7 cm³/mol. The molecule has 3 aliphatic heterocycles. The Hall–Kier alpha value is -2.32. The third kappa shape index (κ3) is 3.59. The SMILES string of the molecule is O=C(O)CN1C[C@@H]2COC[C@]2(C(=O)NCc2ccc3c(c2)OCCCO3)C1. The summed E-state index contributed by atoms with van der Waals surface area (Å²) >= 11 is 0. The van der Waals surface area contributed by atoms with E-state index in [4.69, 9.17) is 19.3 Å². The molecule has 8 heteroatoms. The lowest BCUT2D eigenvalue weighted by molar-refractivity contribution is -0.139. The number of carboxylic acid groups (broad SMARTS) is 1. The van der Waals surface area contributed by atoms with Gasteiger partial charge in [-0.1, -0.05) is 6.07 Å². The number of fused-ring (bicyclic) bond motifs is 2. The highest BCUT2D eigenvalue weighted by Crippen LogP contribution is 2.41. The molecule has 146 valence electrons. The van der Waals surface area contributed by atoms with Crippen LogP contribution in [0, 0.1) is 11.3 Å². The fourth-order valence-electron chi connectivity index (χ4n) is 4.15. The molecule has 2 fully saturated rings. The molecule has 2 N–H and O–H groups in total. The third-order valence-electron chi connectivity index (χ3n) is 5.52. The van der Waals surface area contributed by atoms with Crippen molar-refractivity contribution in [1.82, 2.24) is 10.2 Å². The number of rotatable bonds is 5. The highest BCUT2D eigenvalue weighted by molar-refractivity contribution is 5.84. The van der Waals surface area contributed by atoms with Gasteiger partial charge in [0.2, 0.25) is 5.91 Å². The Balaban J connectivity index is 1.41. The van der Waals surface area contributed by atoms with E-state index in [-0.39, 0.29) is 18.4 Å². The Morgan fingerprint density at radius 2 is 2.07 bits per heavy atom. The van der Waals surface area contributed by atoms with Gasteiger partial charge in [0.05, 0.1) is 38.4 Å². The zero-order valence-corrected chi connectivity index (χ0v) is 15.1. The summed E-state index contributed by atoms with van der Waals surface area (Å²) in [7, 11) is 0. The number of carboxylic acids is 1. The van der Waals surface area contributed by atoms with E-state index in [9.17, 15) is 9.59 Å². The third-order valence-corrected chi connectivity index (χ3v) is 5.52. The van der Waals surface area contributed by atoms with E-state index in [1.807, 2.05) is 23.1 Å². The topological polar surface area (TPSA) is 97.3 Å². The molecule has 8 nitrogen and oxygen atoms in total. The number of carbonyl (C=O) groups is 2. The molecule has 4 rings (SSSR count). The lowest BCUT2D eigenvalue weighted by atomic mass is 9.80. The molecule has 3 aliphatic rings. The summed E-state index contributed by atoms with van der Waals surface area (Å²) in [6, 6.07) is 5.68. The number of likely N-dealkylation sites (tertiary alicyclic amines) is 1. The number of carbonyl (C=O) groups excluding carboxylic acids is 1. The van der Waals surface area contributed by atoms with Gasteiger partial charge in [-0.25, -0.2) is 0 Å². The van der Waals surface area contributed by atoms with Crippen LogP contribution in [0.25, 0.3) is 0 Å². The first-order chi connectivity index (χ1) is 13.1. The number of nitrogens with one attached hydrogen (secondary N) is 1. The second-order valence-corrected chi connectivity index (χ2v) is 7.45. The van der Waals surface area contributed by atoms with Crippen LogP contribution in [0.5, 0.6) is 11.5 Å². The van der Waals surface area contributed by atoms with Crippen LogP contribution in [0.2, 0.25) is 0 Å². The minimum absolute atomic E-state index is 0.0284. The van der Waals surface area contributed by atoms with Crippen LogP contribution in [0.15, 0.2) is 18.2 Å². The maximum absolute atomic E-state index is 13.0. The van der Waals surface area contributed by atoms with Gasteiger partial charge in [0.1, 0.15) is 0 Å². The molecule has 3 heterocycles. The van der Waals surface area contributed by atoms with E-state index < -0.39 is 11.4 Å². The number of hydrogen-bond acceptors (Lipinski definition) is 6. The van der Waals surface area contributed by atoms with Crippen molar-refractivity contribution >= 4 is 11.9 Å². The smallest absolute Gasteiger partial charge is 0.317 e. The predicted octanol–water partition coefficient (Wildman–Crippen LogP) is 0.497. The van der Waals surface area contributed by atoms with Crippen molar-refractivity contribution in [2.24, 2.45) is 11.3 Å². The molecule has 0 spiro atoms. The summed E-state index contributed by atoms with van der Waals surface area (Å²) < 4.78 is 16.9. The summed E-state index contributed by atoms with van der Waals surface area (Å²) in [4.78, 5) is 25.8. The summed E-state index contributed by atoms with van der Waals surface area (Å²) in [5, 5.41) is 12.0. The van der Waals surface area contributed by atoms with Crippen LogP contribution < -0.4 is 14.8 Å². The van der Waals surface area contributed by atoms with Gasteiger partial charge in [-0.2, -0.15) is 0 Å². The van der Waals surface area contributed by atoms with Crippen molar-refractivity contribution in [3.05, 3.63) is 23.8 Å². The van der Waals surface area contributed by atoms with Gasteiger partial charge in [-0.05, 0) is 17.7 Å². The average molecular weight is 376 g/mol. The first-order valence-electron chi connectivity index (χ1n) is 9.25. The molecule has 0 aromatic heterocycles. The van der Waals surface area contributed by atoms with Gasteiger partial charge >= 0.3 is 5.97 Å². The standard InChI is InChI=1S/C19H24N2O6/c22-17(23)9-21-8-14-10-25-12-19(14,11-21)18(24)20-7-13-2-3-15-16(6-13)27-5-1-4-26-15/h2-3,6,14H,1,4-5,7-12H2,(H,20,24)(H,22,23)/t14-,19-/m1/s1. The van der Waals surface area contributed by atoms with Crippen molar-refractivity contribution in [1.29, 1.82) is 0 Å². The van der Waals surface area contributed by atoms with E-state index in [0.29, 0.717) is 51.8 Å². The van der Waals surface area contributed by atoms with Crippen LogP contribution in [-0.2, 0) is 20.9 Å². The van der Waals surface area contributed by atoms with Crippen LogP contribution in [-0.4, -0.2) is 67.9 Å². The van der Waals surface area contributed by atoms with Crippen LogP contribution in [0.3, 0.4) is 0 Å². The van der Waals surface area contributed by atoms with Crippen molar-refractivity contribution < 1.29 is 28.9 Å². The molecule has 1 aromatic carbocycles. The number of hydrogen-bond donors (Lipinski definition) is 2. The van der Waals surface area contributed by atoms with Crippen LogP contribution in [0.4, 0.5) is 0 Å². The zero-order valence-electron chi connectivity index (χ0n) is 15.1. The highest BCUT2D eigenvalue weighted by atomic mass is 16.5. The van der Waals surface area contributed by atoms with Crippen LogP contribution >= 0.6 is 0 Å². The van der Waals surface area contributed by atoms with Crippen LogP contribution in [0.1, 0.15) is 12.0 Å². The molecule has 1 amide bonds. The van der Waals surface area contributed by atoms with Crippen molar-refractivity contribution in [2.75, 3.05) is 46.1 Å². The minimum Gasteiger partial charge on any atom is -0.490 e. The Labute approximate surface area is 157 Å². The van der Waals surface area contributed by atoms with E-state index in [2.05, 4.69) is 5.32 Å². The summed E-state index contributed by atoms with van der Waals surface area (Å²) in [6.07, 6.45) is 0.845. The summed E-state index contributed by atoms with van der Waals surface area (Å²) in [6.45, 7) is 3.40.